The molecule has 0 aliphatic carbocycles. The van der Waals surface area contributed by atoms with Crippen LogP contribution in [-0.4, -0.2) is 58.5 Å². The van der Waals surface area contributed by atoms with Gasteiger partial charge in [0.1, 0.15) is 17.9 Å². The number of aromatic nitrogens is 2. The van der Waals surface area contributed by atoms with Crippen LogP contribution in [-0.2, 0) is 29.0 Å². The number of halogens is 1. The van der Waals surface area contributed by atoms with E-state index in [1.165, 1.54) is 28.6 Å². The number of benzene rings is 1. The Morgan fingerprint density at radius 2 is 1.47 bits per heavy atom. The van der Waals surface area contributed by atoms with Crippen LogP contribution in [0.3, 0.4) is 0 Å². The maximum absolute atomic E-state index is 13.9. The Morgan fingerprint density at radius 1 is 0.878 bits per heavy atom. The molecule has 2 heterocycles. The largest absolute Gasteiger partial charge is 0.481 e. The van der Waals surface area contributed by atoms with Crippen molar-refractivity contribution in [3.8, 4) is 0 Å². The van der Waals surface area contributed by atoms with Gasteiger partial charge in [0, 0.05) is 33.8 Å². The molecular weight excluding hydrogens is 623 g/mol. The van der Waals surface area contributed by atoms with Crippen LogP contribution in [0.15, 0.2) is 53.5 Å². The fourth-order valence-electron chi connectivity index (χ4n) is 5.97. The third kappa shape index (κ3) is 12.9. The summed E-state index contributed by atoms with van der Waals surface area (Å²) in [6, 6.07) is 8.08. The van der Waals surface area contributed by atoms with Gasteiger partial charge in [-0.15, -0.1) is 0 Å². The van der Waals surface area contributed by atoms with Crippen molar-refractivity contribution in [2.75, 3.05) is 21.1 Å². The number of likely N-dealkylation sites (N-methyl/N-ethyl adjacent to an activating group) is 1. The number of aryl methyl sites for hydroxylation is 1. The summed E-state index contributed by atoms with van der Waals surface area (Å²) in [5.41, 5.74) is 2.86. The average molecular weight is 677 g/mol. The molecule has 3 rings (SSSR count). The molecule has 266 valence electrons. The lowest BCUT2D eigenvalue weighted by atomic mass is 9.97. The minimum atomic E-state index is -0.711. The van der Waals surface area contributed by atoms with E-state index >= 15 is 0 Å². The number of carboxylic acids is 1. The summed E-state index contributed by atoms with van der Waals surface area (Å²) in [5.74, 6) is -1.80. The van der Waals surface area contributed by atoms with E-state index in [0.29, 0.717) is 29.4 Å². The lowest BCUT2D eigenvalue weighted by Crippen LogP contribution is -2.37. The number of unbranched alkanes of at least 4 members (excludes halogenated alkanes) is 11. The minimum Gasteiger partial charge on any atom is -0.481 e. The number of nitrogens with one attached hydrogen (secondary N) is 1. The first-order chi connectivity index (χ1) is 23.6. The molecule has 0 fully saturated rings. The molecule has 0 saturated carbocycles. The maximum Gasteiger partial charge on any atom is 0.303 e. The van der Waals surface area contributed by atoms with Gasteiger partial charge in [-0.1, -0.05) is 69.2 Å². The normalized spacial score (nSPS) is 11.3. The van der Waals surface area contributed by atoms with E-state index in [-0.39, 0.29) is 30.3 Å². The molecule has 2 amide bonds. The zero-order valence-electron chi connectivity index (χ0n) is 29.4. The van der Waals surface area contributed by atoms with Gasteiger partial charge >= 0.3 is 5.97 Å². The first kappa shape index (κ1) is 39.1. The number of pyridine rings is 2. The Hall–Kier alpha value is -4.34. The molecule has 9 nitrogen and oxygen atoms in total. The first-order valence-electron chi connectivity index (χ1n) is 17.7. The fourth-order valence-corrected chi connectivity index (χ4v) is 5.97. The van der Waals surface area contributed by atoms with Crippen LogP contribution in [0.5, 0.6) is 0 Å². The Labute approximate surface area is 289 Å². The fraction of sp³-hybridized carbons (Fsp3) is 0.513. The summed E-state index contributed by atoms with van der Waals surface area (Å²) < 4.78 is 14.8. The van der Waals surface area contributed by atoms with Crippen LogP contribution < -0.4 is 10.9 Å². The van der Waals surface area contributed by atoms with Crippen molar-refractivity contribution in [2.45, 2.75) is 109 Å². The number of hydrogen-bond donors (Lipinski definition) is 2. The molecule has 0 spiro atoms. The Bertz CT molecular complexity index is 1610. The molecule has 3 aromatic rings. The SMILES string of the molecule is CNC(=O)c1c(CCCCCCCC/C=C\CCCCCCCC(=O)O)c2ncc(Cc3ccc(F)cc3)cc2n(CC(=O)N(C)C)c1=O. The predicted octanol–water partition coefficient (Wildman–Crippen LogP) is 7.22. The van der Waals surface area contributed by atoms with Crippen molar-refractivity contribution in [2.24, 2.45) is 0 Å². The quantitative estimate of drug-likeness (QED) is 0.0857. The van der Waals surface area contributed by atoms with Crippen molar-refractivity contribution in [1.29, 1.82) is 0 Å². The van der Waals surface area contributed by atoms with E-state index in [9.17, 15) is 23.6 Å². The summed E-state index contributed by atoms with van der Waals surface area (Å²) in [6.45, 7) is -0.223. The number of aliphatic carboxylic acids is 1. The third-order valence-corrected chi connectivity index (χ3v) is 8.81. The van der Waals surface area contributed by atoms with Gasteiger partial charge in [0.25, 0.3) is 11.5 Å². The van der Waals surface area contributed by atoms with Gasteiger partial charge in [0.15, 0.2) is 0 Å². The number of nitrogens with zero attached hydrogens (tertiary/aromatic N) is 3. The molecule has 49 heavy (non-hydrogen) atoms. The van der Waals surface area contributed by atoms with Gasteiger partial charge in [0.2, 0.25) is 5.91 Å². The Morgan fingerprint density at radius 3 is 2.06 bits per heavy atom. The van der Waals surface area contributed by atoms with Gasteiger partial charge < -0.3 is 15.3 Å². The monoisotopic (exact) mass is 676 g/mol. The number of rotatable bonds is 22. The molecule has 10 heteroatoms. The molecule has 0 bridgehead atoms. The summed E-state index contributed by atoms with van der Waals surface area (Å²) in [4.78, 5) is 56.5. The smallest absolute Gasteiger partial charge is 0.303 e. The van der Waals surface area contributed by atoms with Crippen LogP contribution in [0, 0.1) is 5.82 Å². The summed E-state index contributed by atoms with van der Waals surface area (Å²) in [6.07, 6.45) is 21.0. The van der Waals surface area contributed by atoms with E-state index in [2.05, 4.69) is 17.5 Å². The summed E-state index contributed by atoms with van der Waals surface area (Å²) >= 11 is 0. The molecule has 0 aliphatic rings. The first-order valence-corrected chi connectivity index (χ1v) is 17.7. The van der Waals surface area contributed by atoms with Crippen LogP contribution >= 0.6 is 0 Å². The minimum absolute atomic E-state index is 0.0327. The van der Waals surface area contributed by atoms with E-state index in [0.717, 1.165) is 94.6 Å². The summed E-state index contributed by atoms with van der Waals surface area (Å²) in [7, 11) is 4.74. The topological polar surface area (TPSA) is 122 Å². The molecular formula is C39H53FN4O5. The van der Waals surface area contributed by atoms with Gasteiger partial charge in [-0.25, -0.2) is 4.39 Å². The van der Waals surface area contributed by atoms with Crippen LogP contribution in [0.4, 0.5) is 4.39 Å². The molecule has 1 aromatic carbocycles. The molecule has 0 radical (unpaired) electrons. The lowest BCUT2D eigenvalue weighted by Gasteiger charge is -2.19. The van der Waals surface area contributed by atoms with Gasteiger partial charge in [-0.05, 0) is 86.3 Å². The van der Waals surface area contributed by atoms with E-state index in [4.69, 9.17) is 10.1 Å². The van der Waals surface area contributed by atoms with Crippen molar-refractivity contribution in [3.05, 3.63) is 87.1 Å². The molecule has 0 atom stereocenters. The number of carbonyl (C=O) groups is 3. The van der Waals surface area contributed by atoms with Crippen LogP contribution in [0.25, 0.3) is 11.0 Å². The Kier molecular flexibility index (Phi) is 16.7. The lowest BCUT2D eigenvalue weighted by molar-refractivity contribution is -0.137. The molecule has 0 aliphatic heterocycles. The van der Waals surface area contributed by atoms with Crippen molar-refractivity contribution >= 4 is 28.8 Å². The molecule has 0 saturated heterocycles. The predicted molar refractivity (Wildman–Crippen MR) is 192 cm³/mol. The van der Waals surface area contributed by atoms with Crippen molar-refractivity contribution in [3.63, 3.8) is 0 Å². The van der Waals surface area contributed by atoms with Gasteiger partial charge in [-0.3, -0.25) is 28.7 Å². The van der Waals surface area contributed by atoms with E-state index in [1.54, 1.807) is 32.4 Å². The second kappa shape index (κ2) is 20.9. The van der Waals surface area contributed by atoms with Crippen molar-refractivity contribution < 1.29 is 23.9 Å². The van der Waals surface area contributed by atoms with E-state index < -0.39 is 17.4 Å². The van der Waals surface area contributed by atoms with Crippen LogP contribution in [0.2, 0.25) is 0 Å². The highest BCUT2D eigenvalue weighted by Gasteiger charge is 2.24. The number of hydrogen-bond acceptors (Lipinski definition) is 5. The Balaban J connectivity index is 1.60. The highest BCUT2D eigenvalue weighted by Crippen LogP contribution is 2.24. The number of fused-ring (bicyclic) bond motifs is 1. The number of carboxylic acid groups (broad SMARTS) is 1. The number of allylic oxidation sites excluding steroid dienone is 2. The highest BCUT2D eigenvalue weighted by atomic mass is 19.1. The van der Waals surface area contributed by atoms with Gasteiger partial charge in [0.05, 0.1) is 11.0 Å². The average Bonchev–Trinajstić information content (AvgIpc) is 3.08. The standard InChI is InChI=1S/C39H53FN4O5/c1-41-38(48)36-32(19-17-15-13-11-9-7-5-4-6-8-10-12-14-16-18-20-35(46)47)37-33(44(39(36)49)28-34(45)43(2)3)26-30(27-42-37)25-29-21-23-31(40)24-22-29/h4,6,21-24,26-27H,5,7-20,25,28H2,1-3H3,(H,41,48)(H,46,47)/b6-4-. The third-order valence-electron chi connectivity index (χ3n) is 8.81. The zero-order valence-corrected chi connectivity index (χ0v) is 29.4. The second-order valence-electron chi connectivity index (χ2n) is 13.0. The second-order valence-corrected chi connectivity index (χ2v) is 13.0. The number of amides is 2. The molecule has 0 unspecified atom stereocenters. The molecule has 2 N–H and O–H groups in total. The maximum atomic E-state index is 13.9. The molecule has 2 aromatic heterocycles. The highest BCUT2D eigenvalue weighted by molar-refractivity contribution is 5.99. The number of carbonyl (C=O) groups excluding carboxylic acids is 2. The van der Waals surface area contributed by atoms with Crippen molar-refractivity contribution in [1.82, 2.24) is 19.8 Å². The van der Waals surface area contributed by atoms with Gasteiger partial charge in [-0.2, -0.15) is 0 Å². The zero-order chi connectivity index (χ0) is 35.6. The van der Waals surface area contributed by atoms with Crippen LogP contribution in [0.1, 0.15) is 117 Å². The van der Waals surface area contributed by atoms with E-state index in [1.807, 2.05) is 6.07 Å². The summed E-state index contributed by atoms with van der Waals surface area (Å²) in [5, 5.41) is 11.3.